The van der Waals surface area contributed by atoms with Crippen molar-refractivity contribution >= 4 is 16.9 Å². The number of fused-ring (bicyclic) bond motifs is 1. The molecule has 0 aliphatic rings. The summed E-state index contributed by atoms with van der Waals surface area (Å²) in [6.45, 7) is 5.71. The minimum atomic E-state index is -0.479. The maximum Gasteiger partial charge on any atom is 0.171 e. The predicted molar refractivity (Wildman–Crippen MR) is 101 cm³/mol. The van der Waals surface area contributed by atoms with Crippen LogP contribution >= 0.6 is 0 Å². The van der Waals surface area contributed by atoms with Crippen molar-refractivity contribution < 1.29 is 4.79 Å². The molecular weight excluding hydrogens is 326 g/mol. The second-order valence-electron chi connectivity index (χ2n) is 7.29. The summed E-state index contributed by atoms with van der Waals surface area (Å²) >= 11 is 0. The minimum Gasteiger partial charge on any atom is -0.344 e. The van der Waals surface area contributed by atoms with Crippen LogP contribution in [0.15, 0.2) is 48.9 Å². The fourth-order valence-electron chi connectivity index (χ4n) is 2.87. The number of nitrogens with zero attached hydrogens (tertiary/aromatic N) is 3. The number of carbonyl (C=O) groups excluding carboxylic acids is 1. The highest BCUT2D eigenvalue weighted by molar-refractivity contribution is 6.08. The molecule has 0 aliphatic carbocycles. The lowest BCUT2D eigenvalue weighted by molar-refractivity contribution is 0.0860. The van der Waals surface area contributed by atoms with E-state index in [1.54, 1.807) is 18.6 Å². The first-order chi connectivity index (χ1) is 12.4. The van der Waals surface area contributed by atoms with Crippen LogP contribution in [-0.4, -0.2) is 30.9 Å². The Labute approximate surface area is 150 Å². The van der Waals surface area contributed by atoms with Crippen LogP contribution in [0.3, 0.4) is 0 Å². The molecule has 130 valence electrons. The highest BCUT2D eigenvalue weighted by Crippen LogP contribution is 2.28. The average Bonchev–Trinajstić information content (AvgIpc) is 3.29. The lowest BCUT2D eigenvalue weighted by Crippen LogP contribution is -2.20. The number of ketones is 1. The van der Waals surface area contributed by atoms with Crippen molar-refractivity contribution in [3.05, 3.63) is 54.5 Å². The van der Waals surface area contributed by atoms with Gasteiger partial charge >= 0.3 is 0 Å². The Bertz CT molecular complexity index is 1090. The van der Waals surface area contributed by atoms with E-state index < -0.39 is 5.41 Å². The fourth-order valence-corrected chi connectivity index (χ4v) is 2.87. The molecule has 0 unspecified atom stereocenters. The van der Waals surface area contributed by atoms with E-state index in [-0.39, 0.29) is 5.78 Å². The normalized spacial score (nSPS) is 11.8. The number of nitrogens with one attached hydrogen (secondary N) is 2. The molecule has 0 atom stereocenters. The lowest BCUT2D eigenvalue weighted by atomic mass is 9.87. The molecular formula is C20H19N5O. The average molecular weight is 345 g/mol. The van der Waals surface area contributed by atoms with E-state index in [0.29, 0.717) is 16.7 Å². The Morgan fingerprint density at radius 3 is 2.65 bits per heavy atom. The van der Waals surface area contributed by atoms with Gasteiger partial charge in [0.25, 0.3) is 0 Å². The number of rotatable bonds is 3. The molecule has 0 radical (unpaired) electrons. The SMILES string of the molecule is CC(C)(C)C(=O)c1c[nH]c2ncc(-c3cccc(-c4ccn[nH]4)c3)nc12. The van der Waals surface area contributed by atoms with Gasteiger partial charge < -0.3 is 4.98 Å². The zero-order valence-corrected chi connectivity index (χ0v) is 14.9. The van der Waals surface area contributed by atoms with Crippen molar-refractivity contribution in [2.45, 2.75) is 20.8 Å². The van der Waals surface area contributed by atoms with Gasteiger partial charge in [0.15, 0.2) is 11.4 Å². The number of hydrogen-bond acceptors (Lipinski definition) is 4. The second kappa shape index (κ2) is 5.91. The van der Waals surface area contributed by atoms with Crippen molar-refractivity contribution in [3.63, 3.8) is 0 Å². The molecule has 6 nitrogen and oxygen atoms in total. The van der Waals surface area contributed by atoms with Gasteiger partial charge in [0.1, 0.15) is 5.52 Å². The molecule has 2 N–H and O–H groups in total. The Balaban J connectivity index is 1.81. The summed E-state index contributed by atoms with van der Waals surface area (Å²) < 4.78 is 0. The first kappa shape index (κ1) is 16.2. The Morgan fingerprint density at radius 1 is 1.12 bits per heavy atom. The predicted octanol–water partition coefficient (Wildman–Crippen LogP) is 4.24. The van der Waals surface area contributed by atoms with E-state index in [2.05, 4.69) is 20.2 Å². The number of Topliss-reactive ketones (excluding diaryl/α,β-unsaturated/α-hetero) is 1. The zero-order valence-electron chi connectivity index (χ0n) is 14.9. The first-order valence-electron chi connectivity index (χ1n) is 8.42. The van der Waals surface area contributed by atoms with E-state index in [1.165, 1.54) is 0 Å². The summed E-state index contributed by atoms with van der Waals surface area (Å²) in [4.78, 5) is 24.9. The molecule has 0 aliphatic heterocycles. The molecule has 1 aromatic carbocycles. The monoisotopic (exact) mass is 345 g/mol. The molecule has 0 saturated heterocycles. The molecule has 4 aromatic rings. The Hall–Kier alpha value is -3.28. The van der Waals surface area contributed by atoms with E-state index in [9.17, 15) is 4.79 Å². The Kier molecular flexibility index (Phi) is 3.68. The highest BCUT2D eigenvalue weighted by atomic mass is 16.1. The van der Waals surface area contributed by atoms with Crippen LogP contribution in [0.1, 0.15) is 31.1 Å². The van der Waals surface area contributed by atoms with Crippen LogP contribution in [0.5, 0.6) is 0 Å². The van der Waals surface area contributed by atoms with Crippen molar-refractivity contribution in [2.24, 2.45) is 5.41 Å². The van der Waals surface area contributed by atoms with Gasteiger partial charge in [-0.25, -0.2) is 9.97 Å². The third kappa shape index (κ3) is 2.79. The standard InChI is InChI=1S/C20H19N5O/c1-20(2,3)18(26)14-10-21-19-17(14)24-16(11-22-19)13-6-4-5-12(9-13)15-7-8-23-25-15/h4-11H,1-3H3,(H,21,22)(H,23,25). The summed E-state index contributed by atoms with van der Waals surface area (Å²) in [7, 11) is 0. The molecule has 6 heteroatoms. The van der Waals surface area contributed by atoms with E-state index in [1.807, 2.05) is 51.1 Å². The van der Waals surface area contributed by atoms with Crippen molar-refractivity contribution in [1.82, 2.24) is 25.1 Å². The number of aromatic amines is 2. The van der Waals surface area contributed by atoms with Gasteiger partial charge in [-0.05, 0) is 12.1 Å². The van der Waals surface area contributed by atoms with Crippen LogP contribution in [0.2, 0.25) is 0 Å². The summed E-state index contributed by atoms with van der Waals surface area (Å²) in [6, 6.07) is 9.90. The summed E-state index contributed by atoms with van der Waals surface area (Å²) in [5.41, 5.74) is 4.93. The number of carbonyl (C=O) groups is 1. The Morgan fingerprint density at radius 2 is 1.92 bits per heavy atom. The molecule has 3 aromatic heterocycles. The van der Waals surface area contributed by atoms with Gasteiger partial charge in [0.05, 0.1) is 23.1 Å². The van der Waals surface area contributed by atoms with Gasteiger partial charge in [0.2, 0.25) is 0 Å². The number of aromatic nitrogens is 5. The molecule has 3 heterocycles. The quantitative estimate of drug-likeness (QED) is 0.544. The molecule has 26 heavy (non-hydrogen) atoms. The van der Waals surface area contributed by atoms with Crippen LogP contribution in [0, 0.1) is 5.41 Å². The summed E-state index contributed by atoms with van der Waals surface area (Å²) in [5, 5.41) is 6.96. The summed E-state index contributed by atoms with van der Waals surface area (Å²) in [5.74, 6) is 0.0430. The van der Waals surface area contributed by atoms with Gasteiger partial charge in [-0.2, -0.15) is 5.10 Å². The van der Waals surface area contributed by atoms with Crippen molar-refractivity contribution in [2.75, 3.05) is 0 Å². The molecule has 0 bridgehead atoms. The smallest absolute Gasteiger partial charge is 0.171 e. The summed E-state index contributed by atoms with van der Waals surface area (Å²) in [6.07, 6.45) is 5.14. The molecule has 0 saturated carbocycles. The van der Waals surface area contributed by atoms with Crippen LogP contribution < -0.4 is 0 Å². The topological polar surface area (TPSA) is 87.3 Å². The van der Waals surface area contributed by atoms with E-state index in [4.69, 9.17) is 4.98 Å². The van der Waals surface area contributed by atoms with Gasteiger partial charge in [-0.1, -0.05) is 39.0 Å². The van der Waals surface area contributed by atoms with Gasteiger partial charge in [0, 0.05) is 28.9 Å². The molecule has 0 spiro atoms. The third-order valence-electron chi connectivity index (χ3n) is 4.28. The maximum atomic E-state index is 12.7. The largest absolute Gasteiger partial charge is 0.344 e. The molecule has 0 fully saturated rings. The minimum absolute atomic E-state index is 0.0430. The van der Waals surface area contributed by atoms with E-state index in [0.717, 1.165) is 22.5 Å². The van der Waals surface area contributed by atoms with Crippen LogP contribution in [-0.2, 0) is 0 Å². The number of H-pyrrole nitrogens is 2. The van der Waals surface area contributed by atoms with E-state index >= 15 is 0 Å². The lowest BCUT2D eigenvalue weighted by Gasteiger charge is -2.15. The molecule has 0 amide bonds. The number of hydrogen-bond donors (Lipinski definition) is 2. The van der Waals surface area contributed by atoms with Crippen LogP contribution in [0.25, 0.3) is 33.7 Å². The number of benzene rings is 1. The highest BCUT2D eigenvalue weighted by Gasteiger charge is 2.26. The zero-order chi connectivity index (χ0) is 18.3. The first-order valence-corrected chi connectivity index (χ1v) is 8.42. The van der Waals surface area contributed by atoms with Gasteiger partial charge in [-0.3, -0.25) is 9.89 Å². The maximum absolute atomic E-state index is 12.7. The fraction of sp³-hybridized carbons (Fsp3) is 0.200. The van der Waals surface area contributed by atoms with Gasteiger partial charge in [-0.15, -0.1) is 0 Å². The third-order valence-corrected chi connectivity index (χ3v) is 4.28. The van der Waals surface area contributed by atoms with Crippen LogP contribution in [0.4, 0.5) is 0 Å². The second-order valence-corrected chi connectivity index (χ2v) is 7.29. The van der Waals surface area contributed by atoms with Crippen molar-refractivity contribution in [1.29, 1.82) is 0 Å². The van der Waals surface area contributed by atoms with Crippen molar-refractivity contribution in [3.8, 4) is 22.5 Å². The molecule has 4 rings (SSSR count).